The molecule has 0 spiro atoms. The van der Waals surface area contributed by atoms with Crippen LogP contribution in [0.25, 0.3) is 0 Å². The first kappa shape index (κ1) is 17.1. The molecule has 1 fully saturated rings. The van der Waals surface area contributed by atoms with Gasteiger partial charge < -0.3 is 5.11 Å². The van der Waals surface area contributed by atoms with Gasteiger partial charge in [-0.3, -0.25) is 0 Å². The molecule has 120 valence electrons. The van der Waals surface area contributed by atoms with E-state index in [0.717, 1.165) is 30.4 Å². The maximum atomic E-state index is 11.0. The minimum absolute atomic E-state index is 0.0969. The zero-order valence-electron chi connectivity index (χ0n) is 13.4. The van der Waals surface area contributed by atoms with Gasteiger partial charge >= 0.3 is 0 Å². The summed E-state index contributed by atoms with van der Waals surface area (Å²) in [6, 6.07) is 17.9. The summed E-state index contributed by atoms with van der Waals surface area (Å²) in [6.07, 6.45) is 3.69. The summed E-state index contributed by atoms with van der Waals surface area (Å²) < 4.78 is 1.17. The van der Waals surface area contributed by atoms with Crippen LogP contribution in [0.3, 0.4) is 0 Å². The molecule has 1 saturated carbocycles. The van der Waals surface area contributed by atoms with E-state index in [1.807, 2.05) is 48.5 Å². The lowest BCUT2D eigenvalue weighted by Crippen LogP contribution is -2.38. The zero-order chi connectivity index (χ0) is 16.8. The molecular weight excluding hydrogens is 407 g/mol. The Morgan fingerprint density at radius 1 is 0.958 bits per heavy atom. The molecule has 0 bridgehead atoms. The van der Waals surface area contributed by atoms with E-state index in [1.54, 1.807) is 0 Å². The molecule has 24 heavy (non-hydrogen) atoms. The van der Waals surface area contributed by atoms with Gasteiger partial charge in [0.15, 0.2) is 0 Å². The van der Waals surface area contributed by atoms with Gasteiger partial charge in [0.25, 0.3) is 0 Å². The average molecular weight is 426 g/mol. The molecular formula is C22H19IO. The van der Waals surface area contributed by atoms with Crippen molar-refractivity contribution in [2.45, 2.75) is 31.3 Å². The molecule has 3 rings (SSSR count). The van der Waals surface area contributed by atoms with E-state index in [0.29, 0.717) is 6.42 Å². The van der Waals surface area contributed by atoms with Crippen molar-refractivity contribution in [3.63, 3.8) is 0 Å². The highest BCUT2D eigenvalue weighted by Crippen LogP contribution is 2.33. The molecule has 1 N–H and O–H groups in total. The maximum Gasteiger partial charge on any atom is 0.139 e. The number of rotatable bonds is 0. The minimum Gasteiger partial charge on any atom is -0.376 e. The summed E-state index contributed by atoms with van der Waals surface area (Å²) in [5.41, 5.74) is 0.912. The molecule has 0 heterocycles. The molecule has 0 aliphatic heterocycles. The largest absolute Gasteiger partial charge is 0.376 e. The Balaban J connectivity index is 1.85. The van der Waals surface area contributed by atoms with Crippen molar-refractivity contribution in [3.8, 4) is 23.7 Å². The summed E-state index contributed by atoms with van der Waals surface area (Å²) in [4.78, 5) is 0. The smallest absolute Gasteiger partial charge is 0.139 e. The van der Waals surface area contributed by atoms with Crippen molar-refractivity contribution < 1.29 is 5.11 Å². The highest BCUT2D eigenvalue weighted by Gasteiger charge is 2.36. The average Bonchev–Trinajstić information content (AvgIpc) is 2.60. The fraction of sp³-hybridized carbons (Fsp3) is 0.273. The maximum absolute atomic E-state index is 11.0. The van der Waals surface area contributed by atoms with Crippen LogP contribution in [0.15, 0.2) is 54.6 Å². The molecule has 2 aromatic carbocycles. The van der Waals surface area contributed by atoms with E-state index in [2.05, 4.69) is 52.3 Å². The summed E-state index contributed by atoms with van der Waals surface area (Å²) in [7, 11) is 0. The van der Waals surface area contributed by atoms with Gasteiger partial charge in [-0.25, -0.2) is 0 Å². The van der Waals surface area contributed by atoms with Crippen LogP contribution in [0.2, 0.25) is 0 Å². The molecule has 0 aromatic heterocycles. The molecule has 1 aliphatic carbocycles. The predicted molar refractivity (Wildman–Crippen MR) is 106 cm³/mol. The topological polar surface area (TPSA) is 20.2 Å². The minimum atomic E-state index is -1.01. The summed E-state index contributed by atoms with van der Waals surface area (Å²) in [6.45, 7) is 0. The number of benzene rings is 2. The number of aliphatic hydroxyl groups is 1. The number of hydrogen-bond donors (Lipinski definition) is 1. The third-order valence-electron chi connectivity index (χ3n) is 4.29. The quantitative estimate of drug-likeness (QED) is 0.482. The van der Waals surface area contributed by atoms with Gasteiger partial charge in [0.2, 0.25) is 0 Å². The fourth-order valence-electron chi connectivity index (χ4n) is 2.94. The second kappa shape index (κ2) is 7.88. The van der Waals surface area contributed by atoms with E-state index < -0.39 is 5.60 Å². The molecule has 1 aliphatic rings. The summed E-state index contributed by atoms with van der Waals surface area (Å²) in [5.74, 6) is 12.7. The fourth-order valence-corrected chi connectivity index (χ4v) is 3.48. The van der Waals surface area contributed by atoms with Crippen LogP contribution in [0.5, 0.6) is 0 Å². The predicted octanol–water partition coefficient (Wildman–Crippen LogP) is 4.62. The molecule has 2 atom stereocenters. The second-order valence-electron chi connectivity index (χ2n) is 6.12. The van der Waals surface area contributed by atoms with Crippen LogP contribution in [-0.2, 0) is 0 Å². The van der Waals surface area contributed by atoms with Crippen LogP contribution in [0, 0.1) is 33.2 Å². The van der Waals surface area contributed by atoms with Gasteiger partial charge in [-0.05, 0) is 72.2 Å². The molecule has 1 nitrogen and oxygen atoms in total. The SMILES string of the molecule is OC1(C#Cc2ccccc2)CCCCC1C#Cc1cccc(I)c1. The van der Waals surface area contributed by atoms with Crippen LogP contribution in [0.4, 0.5) is 0 Å². The van der Waals surface area contributed by atoms with Crippen LogP contribution >= 0.6 is 22.6 Å². The van der Waals surface area contributed by atoms with Crippen molar-refractivity contribution in [2.75, 3.05) is 0 Å². The van der Waals surface area contributed by atoms with Gasteiger partial charge in [0, 0.05) is 14.7 Å². The van der Waals surface area contributed by atoms with Crippen LogP contribution in [0.1, 0.15) is 36.8 Å². The van der Waals surface area contributed by atoms with Crippen molar-refractivity contribution in [1.29, 1.82) is 0 Å². The van der Waals surface area contributed by atoms with Crippen molar-refractivity contribution in [1.82, 2.24) is 0 Å². The van der Waals surface area contributed by atoms with Gasteiger partial charge in [-0.15, -0.1) is 0 Å². The Hall–Kier alpha value is -1.75. The standard InChI is InChI=1S/C22H19IO/c23-21-11-6-9-19(17-21)12-13-20-10-4-5-15-22(20,24)16-14-18-7-2-1-3-8-18/h1-3,6-9,11,17,20,24H,4-5,10,15H2. The first-order valence-corrected chi connectivity index (χ1v) is 9.31. The Morgan fingerprint density at radius 3 is 2.54 bits per heavy atom. The third-order valence-corrected chi connectivity index (χ3v) is 4.96. The highest BCUT2D eigenvalue weighted by molar-refractivity contribution is 14.1. The monoisotopic (exact) mass is 426 g/mol. The summed E-state index contributed by atoms with van der Waals surface area (Å²) in [5, 5.41) is 11.0. The molecule has 0 saturated heterocycles. The molecule has 0 amide bonds. The Labute approximate surface area is 157 Å². The first-order chi connectivity index (χ1) is 11.7. The van der Waals surface area contributed by atoms with E-state index in [-0.39, 0.29) is 5.92 Å². The van der Waals surface area contributed by atoms with Crippen molar-refractivity contribution in [3.05, 3.63) is 69.3 Å². The second-order valence-corrected chi connectivity index (χ2v) is 7.36. The van der Waals surface area contributed by atoms with Gasteiger partial charge in [0.1, 0.15) is 5.60 Å². The zero-order valence-corrected chi connectivity index (χ0v) is 15.6. The van der Waals surface area contributed by atoms with E-state index in [1.165, 1.54) is 3.57 Å². The number of hydrogen-bond acceptors (Lipinski definition) is 1. The van der Waals surface area contributed by atoms with Crippen LogP contribution in [-0.4, -0.2) is 10.7 Å². The highest BCUT2D eigenvalue weighted by atomic mass is 127. The van der Waals surface area contributed by atoms with Crippen molar-refractivity contribution >= 4 is 22.6 Å². The van der Waals surface area contributed by atoms with Gasteiger partial charge in [-0.1, -0.05) is 54.4 Å². The lowest BCUT2D eigenvalue weighted by Gasteiger charge is -2.32. The molecule has 0 radical (unpaired) electrons. The Morgan fingerprint density at radius 2 is 1.75 bits per heavy atom. The van der Waals surface area contributed by atoms with E-state index in [4.69, 9.17) is 0 Å². The Bertz CT molecular complexity index is 820. The van der Waals surface area contributed by atoms with E-state index >= 15 is 0 Å². The van der Waals surface area contributed by atoms with Gasteiger partial charge in [0.05, 0.1) is 5.92 Å². The van der Waals surface area contributed by atoms with Gasteiger partial charge in [-0.2, -0.15) is 0 Å². The first-order valence-electron chi connectivity index (χ1n) is 8.23. The molecule has 2 unspecified atom stereocenters. The van der Waals surface area contributed by atoms with Crippen molar-refractivity contribution in [2.24, 2.45) is 5.92 Å². The Kier molecular flexibility index (Phi) is 5.61. The van der Waals surface area contributed by atoms with E-state index in [9.17, 15) is 5.11 Å². The number of halogens is 1. The molecule has 2 aromatic rings. The third kappa shape index (κ3) is 4.41. The molecule has 2 heteroatoms. The lowest BCUT2D eigenvalue weighted by molar-refractivity contribution is 0.0290. The lowest BCUT2D eigenvalue weighted by atomic mass is 9.76. The van der Waals surface area contributed by atoms with Crippen LogP contribution < -0.4 is 0 Å². The normalized spacial score (nSPS) is 22.7. The summed E-state index contributed by atoms with van der Waals surface area (Å²) >= 11 is 2.29.